The minimum Gasteiger partial charge on any atom is -0.459 e. The topological polar surface area (TPSA) is 102 Å². The number of hydrogen-bond donors (Lipinski definition) is 2. The summed E-state index contributed by atoms with van der Waals surface area (Å²) in [6.45, 7) is 4.64. The van der Waals surface area contributed by atoms with Gasteiger partial charge >= 0.3 is 0 Å². The lowest BCUT2D eigenvalue weighted by atomic mass is 10.2. The van der Waals surface area contributed by atoms with Crippen molar-refractivity contribution in [2.24, 2.45) is 0 Å². The molecule has 2 aromatic heterocycles. The molecule has 0 atom stereocenters. The number of hydrogen-bond acceptors (Lipinski definition) is 6. The van der Waals surface area contributed by atoms with E-state index in [9.17, 15) is 9.59 Å². The van der Waals surface area contributed by atoms with Gasteiger partial charge in [0.15, 0.2) is 16.7 Å². The van der Waals surface area contributed by atoms with E-state index in [1.54, 1.807) is 30.3 Å². The largest absolute Gasteiger partial charge is 0.459 e. The summed E-state index contributed by atoms with van der Waals surface area (Å²) in [6.07, 6.45) is 1.44. The standard InChI is InChI=1S/C19H20ClN5O3S/c1-3-25-16(10-21-18(27)15-5-4-8-28-15)23-24-19(25)29-11-17(26)22-14-7-6-13(20)9-12(14)2/h4-9H,3,10-11H2,1-2H3,(H,21,27)(H,22,26). The van der Waals surface area contributed by atoms with Crippen LogP contribution in [-0.4, -0.2) is 32.3 Å². The number of benzene rings is 1. The number of nitrogens with one attached hydrogen (secondary N) is 2. The van der Waals surface area contributed by atoms with Crippen molar-refractivity contribution >= 4 is 40.9 Å². The molecule has 0 radical (unpaired) electrons. The van der Waals surface area contributed by atoms with Crippen LogP contribution in [0.25, 0.3) is 0 Å². The van der Waals surface area contributed by atoms with E-state index in [4.69, 9.17) is 16.0 Å². The number of carbonyl (C=O) groups is 2. The van der Waals surface area contributed by atoms with Crippen molar-refractivity contribution in [3.63, 3.8) is 0 Å². The molecule has 2 amide bonds. The zero-order valence-electron chi connectivity index (χ0n) is 15.9. The van der Waals surface area contributed by atoms with Gasteiger partial charge in [-0.1, -0.05) is 23.4 Å². The molecule has 0 saturated heterocycles. The molecule has 0 bridgehead atoms. The van der Waals surface area contributed by atoms with Gasteiger partial charge < -0.3 is 19.6 Å². The lowest BCUT2D eigenvalue weighted by Gasteiger charge is -2.09. The monoisotopic (exact) mass is 433 g/mol. The number of anilines is 1. The van der Waals surface area contributed by atoms with Crippen LogP contribution in [0.5, 0.6) is 0 Å². The third kappa shape index (κ3) is 5.39. The molecule has 0 fully saturated rings. The summed E-state index contributed by atoms with van der Waals surface area (Å²) in [7, 11) is 0. The number of thioether (sulfide) groups is 1. The van der Waals surface area contributed by atoms with Crippen molar-refractivity contribution in [3.8, 4) is 0 Å². The van der Waals surface area contributed by atoms with Gasteiger partial charge in [0.25, 0.3) is 5.91 Å². The van der Waals surface area contributed by atoms with Gasteiger partial charge in [0, 0.05) is 17.3 Å². The molecule has 3 rings (SSSR count). The fourth-order valence-electron chi connectivity index (χ4n) is 2.61. The van der Waals surface area contributed by atoms with Gasteiger partial charge in [-0.25, -0.2) is 0 Å². The second kappa shape index (κ2) is 9.62. The average Bonchev–Trinajstić information content (AvgIpc) is 3.36. The molecule has 1 aromatic carbocycles. The molecule has 0 spiro atoms. The Morgan fingerprint density at radius 2 is 2.10 bits per heavy atom. The van der Waals surface area contributed by atoms with Gasteiger partial charge in [0.2, 0.25) is 5.91 Å². The maximum Gasteiger partial charge on any atom is 0.287 e. The maximum atomic E-state index is 12.3. The number of amides is 2. The molecule has 29 heavy (non-hydrogen) atoms. The predicted octanol–water partition coefficient (Wildman–Crippen LogP) is 3.51. The number of nitrogens with zero attached hydrogens (tertiary/aromatic N) is 3. The summed E-state index contributed by atoms with van der Waals surface area (Å²) >= 11 is 7.22. The minimum absolute atomic E-state index is 0.154. The summed E-state index contributed by atoms with van der Waals surface area (Å²) in [4.78, 5) is 24.3. The second-order valence-electron chi connectivity index (χ2n) is 6.10. The summed E-state index contributed by atoms with van der Waals surface area (Å²) < 4.78 is 6.92. The normalized spacial score (nSPS) is 10.7. The molecule has 8 nitrogen and oxygen atoms in total. The van der Waals surface area contributed by atoms with Crippen LogP contribution < -0.4 is 10.6 Å². The van der Waals surface area contributed by atoms with Crippen LogP contribution in [0.15, 0.2) is 46.2 Å². The molecule has 2 heterocycles. The quantitative estimate of drug-likeness (QED) is 0.527. The van der Waals surface area contributed by atoms with E-state index >= 15 is 0 Å². The van der Waals surface area contributed by atoms with Crippen molar-refractivity contribution in [3.05, 3.63) is 58.8 Å². The van der Waals surface area contributed by atoms with Gasteiger partial charge in [0.05, 0.1) is 18.6 Å². The van der Waals surface area contributed by atoms with E-state index in [1.807, 2.05) is 18.4 Å². The van der Waals surface area contributed by atoms with E-state index in [0.29, 0.717) is 22.5 Å². The zero-order chi connectivity index (χ0) is 20.8. The zero-order valence-corrected chi connectivity index (χ0v) is 17.5. The molecule has 0 aliphatic heterocycles. The lowest BCUT2D eigenvalue weighted by molar-refractivity contribution is -0.113. The molecule has 2 N–H and O–H groups in total. The van der Waals surface area contributed by atoms with Gasteiger partial charge in [-0.2, -0.15) is 0 Å². The molecule has 0 aliphatic rings. The average molecular weight is 434 g/mol. The van der Waals surface area contributed by atoms with Crippen molar-refractivity contribution < 1.29 is 14.0 Å². The molecular formula is C19H20ClN5O3S. The lowest BCUT2D eigenvalue weighted by Crippen LogP contribution is -2.24. The van der Waals surface area contributed by atoms with Crippen molar-refractivity contribution in [1.82, 2.24) is 20.1 Å². The first-order valence-corrected chi connectivity index (χ1v) is 10.3. The van der Waals surface area contributed by atoms with Crippen molar-refractivity contribution in [2.75, 3.05) is 11.1 Å². The number of carbonyl (C=O) groups excluding carboxylic acids is 2. The molecule has 152 valence electrons. The Balaban J connectivity index is 1.57. The van der Waals surface area contributed by atoms with E-state index in [0.717, 1.165) is 11.3 Å². The third-order valence-electron chi connectivity index (χ3n) is 4.06. The highest BCUT2D eigenvalue weighted by Crippen LogP contribution is 2.21. The molecule has 10 heteroatoms. The summed E-state index contributed by atoms with van der Waals surface area (Å²) in [5.41, 5.74) is 1.61. The Morgan fingerprint density at radius 1 is 1.28 bits per heavy atom. The van der Waals surface area contributed by atoms with E-state index in [-0.39, 0.29) is 29.9 Å². The number of aromatic nitrogens is 3. The fourth-order valence-corrected chi connectivity index (χ4v) is 3.66. The number of halogens is 1. The number of aryl methyl sites for hydroxylation is 1. The summed E-state index contributed by atoms with van der Waals surface area (Å²) in [6, 6.07) is 8.53. The first-order valence-electron chi connectivity index (χ1n) is 8.90. The highest BCUT2D eigenvalue weighted by molar-refractivity contribution is 7.99. The third-order valence-corrected chi connectivity index (χ3v) is 5.26. The van der Waals surface area contributed by atoms with Gasteiger partial charge in [-0.15, -0.1) is 10.2 Å². The second-order valence-corrected chi connectivity index (χ2v) is 7.48. The molecule has 0 saturated carbocycles. The van der Waals surface area contributed by atoms with Crippen LogP contribution in [0.2, 0.25) is 5.02 Å². The van der Waals surface area contributed by atoms with Crippen LogP contribution in [-0.2, 0) is 17.9 Å². The Hall–Kier alpha value is -2.78. The van der Waals surface area contributed by atoms with Crippen molar-refractivity contribution in [1.29, 1.82) is 0 Å². The van der Waals surface area contributed by atoms with Gasteiger partial charge in [-0.05, 0) is 49.7 Å². The predicted molar refractivity (Wildman–Crippen MR) is 111 cm³/mol. The molecule has 3 aromatic rings. The van der Waals surface area contributed by atoms with E-state index < -0.39 is 0 Å². The van der Waals surface area contributed by atoms with Crippen LogP contribution in [0.1, 0.15) is 28.9 Å². The van der Waals surface area contributed by atoms with E-state index in [2.05, 4.69) is 20.8 Å². The van der Waals surface area contributed by atoms with Crippen LogP contribution >= 0.6 is 23.4 Å². The van der Waals surface area contributed by atoms with Crippen LogP contribution in [0.3, 0.4) is 0 Å². The van der Waals surface area contributed by atoms with Gasteiger partial charge in [0.1, 0.15) is 0 Å². The van der Waals surface area contributed by atoms with Crippen LogP contribution in [0.4, 0.5) is 5.69 Å². The number of rotatable bonds is 8. The van der Waals surface area contributed by atoms with Gasteiger partial charge in [-0.3, -0.25) is 9.59 Å². The minimum atomic E-state index is -0.326. The molecular weight excluding hydrogens is 414 g/mol. The number of furan rings is 1. The summed E-state index contributed by atoms with van der Waals surface area (Å²) in [5.74, 6) is 0.533. The fraction of sp³-hybridized carbons (Fsp3) is 0.263. The molecule has 0 unspecified atom stereocenters. The summed E-state index contributed by atoms with van der Waals surface area (Å²) in [5, 5.41) is 15.1. The first-order chi connectivity index (χ1) is 14.0. The maximum absolute atomic E-state index is 12.3. The Bertz CT molecular complexity index is 1000. The highest BCUT2D eigenvalue weighted by atomic mass is 35.5. The first kappa shape index (κ1) is 20.9. The van der Waals surface area contributed by atoms with Crippen molar-refractivity contribution in [2.45, 2.75) is 32.1 Å². The SMILES string of the molecule is CCn1c(CNC(=O)c2ccco2)nnc1SCC(=O)Nc1ccc(Cl)cc1C. The van der Waals surface area contributed by atoms with Crippen LogP contribution in [0, 0.1) is 6.92 Å². The van der Waals surface area contributed by atoms with E-state index in [1.165, 1.54) is 18.0 Å². The highest BCUT2D eigenvalue weighted by Gasteiger charge is 2.15. The Labute approximate surface area is 177 Å². The smallest absolute Gasteiger partial charge is 0.287 e. The Morgan fingerprint density at radius 3 is 2.79 bits per heavy atom. The molecule has 0 aliphatic carbocycles. The Kier molecular flexibility index (Phi) is 6.95.